The molecule has 1 fully saturated rings. The van der Waals surface area contributed by atoms with Crippen molar-refractivity contribution in [1.82, 2.24) is 14.5 Å². The Kier molecular flexibility index (Phi) is 7.31. The first-order valence-corrected chi connectivity index (χ1v) is 14.0. The van der Waals surface area contributed by atoms with Gasteiger partial charge in [0.1, 0.15) is 11.4 Å². The minimum absolute atomic E-state index is 0.0596. The maximum Gasteiger partial charge on any atom is 0.414 e. The van der Waals surface area contributed by atoms with Crippen molar-refractivity contribution >= 4 is 28.9 Å². The fourth-order valence-electron chi connectivity index (χ4n) is 6.01. The number of hydrogen-bond acceptors (Lipinski definition) is 5. The lowest BCUT2D eigenvalue weighted by molar-refractivity contribution is 0.0189. The molecule has 0 N–H and O–H groups in total. The predicted octanol–water partition coefficient (Wildman–Crippen LogP) is 6.67. The van der Waals surface area contributed by atoms with E-state index in [1.807, 2.05) is 31.7 Å². The van der Waals surface area contributed by atoms with E-state index in [9.17, 15) is 9.59 Å². The number of hydrogen-bond donors (Lipinski definition) is 0. The van der Waals surface area contributed by atoms with Crippen molar-refractivity contribution < 1.29 is 19.1 Å². The highest BCUT2D eigenvalue weighted by Crippen LogP contribution is 2.40. The molecule has 0 radical (unpaired) electrons. The van der Waals surface area contributed by atoms with E-state index in [2.05, 4.69) is 54.8 Å². The van der Waals surface area contributed by atoms with Crippen molar-refractivity contribution in [1.29, 1.82) is 0 Å². The van der Waals surface area contributed by atoms with Crippen LogP contribution in [0, 0.1) is 0 Å². The zero-order chi connectivity index (χ0) is 27.9. The molecule has 0 saturated carbocycles. The zero-order valence-electron chi connectivity index (χ0n) is 23.9. The summed E-state index contributed by atoms with van der Waals surface area (Å²) in [6.07, 6.45) is 2.76. The fourth-order valence-corrected chi connectivity index (χ4v) is 6.01. The van der Waals surface area contributed by atoms with Gasteiger partial charge >= 0.3 is 12.2 Å². The Bertz CT molecular complexity index is 1350. The molecule has 2 atom stereocenters. The summed E-state index contributed by atoms with van der Waals surface area (Å²) in [4.78, 5) is 34.3. The average Bonchev–Trinajstić information content (AvgIpc) is 3.31. The molecular formula is C31H40N4O4. The number of ether oxygens (including phenoxy) is 2. The molecule has 3 heterocycles. The van der Waals surface area contributed by atoms with Gasteiger partial charge in [0, 0.05) is 36.7 Å². The van der Waals surface area contributed by atoms with Gasteiger partial charge in [0.05, 0.1) is 23.8 Å². The molecule has 5 rings (SSSR count). The summed E-state index contributed by atoms with van der Waals surface area (Å²) in [6, 6.07) is 14.9. The van der Waals surface area contributed by atoms with Gasteiger partial charge < -0.3 is 18.9 Å². The Morgan fingerprint density at radius 1 is 1.00 bits per heavy atom. The van der Waals surface area contributed by atoms with Gasteiger partial charge in [0.25, 0.3) is 0 Å². The number of imidazole rings is 1. The molecule has 2 aliphatic rings. The van der Waals surface area contributed by atoms with Crippen molar-refractivity contribution in [2.24, 2.45) is 0 Å². The normalized spacial score (nSPS) is 19.1. The van der Waals surface area contributed by atoms with Crippen LogP contribution in [0.1, 0.15) is 82.8 Å². The molecule has 3 aromatic rings. The lowest BCUT2D eigenvalue weighted by Gasteiger charge is -2.35. The number of carbonyl (C=O) groups is 2. The summed E-state index contributed by atoms with van der Waals surface area (Å²) in [6.45, 7) is 11.2. The standard InChI is InChI=1S/C31H40N4O4/c1-20-12-13-24-25(34(20)30(37)38-6)14-15-26-27(24)32-28(21(2)22-10-8-7-9-11-22)35(26)23-16-18-33(19-17-23)29(36)39-31(3,4)5/h7-11,14-15,20-21,23H,12-13,16-19H2,1-6H3/t20-,21-/m0/s1. The Labute approximate surface area is 230 Å². The van der Waals surface area contributed by atoms with Crippen LogP contribution in [0.4, 0.5) is 15.3 Å². The van der Waals surface area contributed by atoms with Gasteiger partial charge in [-0.2, -0.15) is 0 Å². The number of benzene rings is 2. The third-order valence-corrected chi connectivity index (χ3v) is 8.02. The Hall–Kier alpha value is -3.55. The van der Waals surface area contributed by atoms with E-state index in [4.69, 9.17) is 14.5 Å². The van der Waals surface area contributed by atoms with Gasteiger partial charge in [0.2, 0.25) is 0 Å². The predicted molar refractivity (Wildman–Crippen MR) is 152 cm³/mol. The Balaban J connectivity index is 1.56. The number of nitrogens with zero attached hydrogens (tertiary/aromatic N) is 4. The molecule has 1 saturated heterocycles. The second-order valence-corrected chi connectivity index (χ2v) is 11.8. The number of aromatic nitrogens is 2. The van der Waals surface area contributed by atoms with E-state index in [1.165, 1.54) is 12.7 Å². The quantitative estimate of drug-likeness (QED) is 0.377. The first-order valence-electron chi connectivity index (χ1n) is 14.0. The fraction of sp³-hybridized carbons (Fsp3) is 0.516. The molecule has 8 heteroatoms. The molecule has 0 unspecified atom stereocenters. The zero-order valence-corrected chi connectivity index (χ0v) is 23.9. The van der Waals surface area contributed by atoms with Crippen LogP contribution in [0.2, 0.25) is 0 Å². The van der Waals surface area contributed by atoms with Crippen molar-refractivity contribution in [3.63, 3.8) is 0 Å². The van der Waals surface area contributed by atoms with Gasteiger partial charge in [-0.1, -0.05) is 37.3 Å². The van der Waals surface area contributed by atoms with Crippen LogP contribution in [-0.2, 0) is 15.9 Å². The van der Waals surface area contributed by atoms with Gasteiger partial charge in [-0.25, -0.2) is 14.6 Å². The second-order valence-electron chi connectivity index (χ2n) is 11.8. The van der Waals surface area contributed by atoms with E-state index < -0.39 is 5.60 Å². The van der Waals surface area contributed by atoms with Crippen LogP contribution in [0.5, 0.6) is 0 Å². The molecule has 39 heavy (non-hydrogen) atoms. The van der Waals surface area contributed by atoms with Gasteiger partial charge in [-0.3, -0.25) is 4.90 Å². The summed E-state index contributed by atoms with van der Waals surface area (Å²) in [5.41, 5.74) is 4.72. The first kappa shape index (κ1) is 27.0. The smallest absolute Gasteiger partial charge is 0.414 e. The number of fused-ring (bicyclic) bond motifs is 3. The molecule has 2 aliphatic heterocycles. The maximum absolute atomic E-state index is 12.7. The molecule has 0 spiro atoms. The number of rotatable bonds is 3. The van der Waals surface area contributed by atoms with Crippen molar-refractivity contribution in [2.45, 2.75) is 83.9 Å². The minimum Gasteiger partial charge on any atom is -0.452 e. The van der Waals surface area contributed by atoms with E-state index >= 15 is 0 Å². The van der Waals surface area contributed by atoms with E-state index in [0.717, 1.165) is 53.8 Å². The maximum atomic E-state index is 12.7. The van der Waals surface area contributed by atoms with Crippen LogP contribution < -0.4 is 4.90 Å². The van der Waals surface area contributed by atoms with Crippen LogP contribution in [-0.4, -0.2) is 58.5 Å². The monoisotopic (exact) mass is 532 g/mol. The number of piperidine rings is 1. The second kappa shape index (κ2) is 10.5. The molecular weight excluding hydrogens is 492 g/mol. The molecule has 208 valence electrons. The van der Waals surface area contributed by atoms with Crippen LogP contribution in [0.15, 0.2) is 42.5 Å². The molecule has 2 amide bonds. The Morgan fingerprint density at radius 3 is 2.33 bits per heavy atom. The largest absolute Gasteiger partial charge is 0.452 e. The van der Waals surface area contributed by atoms with Crippen LogP contribution in [0.3, 0.4) is 0 Å². The molecule has 0 bridgehead atoms. The third-order valence-electron chi connectivity index (χ3n) is 8.02. The van der Waals surface area contributed by atoms with E-state index in [0.29, 0.717) is 13.1 Å². The van der Waals surface area contributed by atoms with Gasteiger partial charge in [-0.05, 0) is 71.1 Å². The minimum atomic E-state index is -0.512. The number of amides is 2. The molecule has 1 aromatic heterocycles. The highest BCUT2D eigenvalue weighted by molar-refractivity contribution is 5.95. The number of likely N-dealkylation sites (tertiary alicyclic amines) is 1. The third kappa shape index (κ3) is 5.21. The average molecular weight is 533 g/mol. The number of methoxy groups -OCH3 is 1. The highest BCUT2D eigenvalue weighted by atomic mass is 16.6. The molecule has 0 aliphatic carbocycles. The summed E-state index contributed by atoms with van der Waals surface area (Å²) < 4.78 is 13.2. The number of anilines is 1. The number of carbonyl (C=O) groups excluding carboxylic acids is 2. The van der Waals surface area contributed by atoms with Gasteiger partial charge in [-0.15, -0.1) is 0 Å². The van der Waals surface area contributed by atoms with Crippen LogP contribution in [0.25, 0.3) is 11.0 Å². The van der Waals surface area contributed by atoms with E-state index in [-0.39, 0.29) is 30.2 Å². The lowest BCUT2D eigenvalue weighted by atomic mass is 9.95. The Morgan fingerprint density at radius 2 is 1.69 bits per heavy atom. The van der Waals surface area contributed by atoms with E-state index in [1.54, 1.807) is 4.90 Å². The highest BCUT2D eigenvalue weighted by Gasteiger charge is 2.34. The summed E-state index contributed by atoms with van der Waals surface area (Å²) in [5.74, 6) is 1.10. The van der Waals surface area contributed by atoms with Crippen molar-refractivity contribution in [2.75, 3.05) is 25.1 Å². The lowest BCUT2D eigenvalue weighted by Crippen LogP contribution is -2.42. The number of aryl methyl sites for hydroxylation is 1. The summed E-state index contributed by atoms with van der Waals surface area (Å²) in [7, 11) is 1.43. The summed E-state index contributed by atoms with van der Waals surface area (Å²) >= 11 is 0. The first-order chi connectivity index (χ1) is 18.6. The topological polar surface area (TPSA) is 76.9 Å². The van der Waals surface area contributed by atoms with Gasteiger partial charge in [0.15, 0.2) is 0 Å². The van der Waals surface area contributed by atoms with Crippen molar-refractivity contribution in [3.05, 3.63) is 59.4 Å². The van der Waals surface area contributed by atoms with Crippen LogP contribution >= 0.6 is 0 Å². The molecule has 8 nitrogen and oxygen atoms in total. The summed E-state index contributed by atoms with van der Waals surface area (Å²) in [5, 5.41) is 0. The van der Waals surface area contributed by atoms with Crippen molar-refractivity contribution in [3.8, 4) is 0 Å². The molecule has 2 aromatic carbocycles. The SMILES string of the molecule is COC(=O)N1c2ccc3c(nc([C@@H](C)c4ccccc4)n3C3CCN(C(=O)OC(C)(C)C)CC3)c2CC[C@@H]1C.